The second-order valence-electron chi connectivity index (χ2n) is 7.14. The van der Waals surface area contributed by atoms with Gasteiger partial charge in [-0.1, -0.05) is 38.3 Å². The zero-order valence-corrected chi connectivity index (χ0v) is 16.3. The molecule has 0 spiro atoms. The van der Waals surface area contributed by atoms with E-state index in [1.165, 1.54) is 19.3 Å². The van der Waals surface area contributed by atoms with Crippen LogP contribution in [0.1, 0.15) is 64.4 Å². The molecule has 1 aliphatic rings. The molecule has 2 rings (SSSR count). The highest BCUT2D eigenvalue weighted by Gasteiger charge is 2.27. The number of amides is 2. The van der Waals surface area contributed by atoms with Gasteiger partial charge in [0.25, 0.3) is 0 Å². The molecule has 0 bridgehead atoms. The minimum atomic E-state index is -0.474. The quantitative estimate of drug-likeness (QED) is 0.770. The Balaban J connectivity index is 2.06. The van der Waals surface area contributed by atoms with E-state index in [1.54, 1.807) is 12.0 Å². The number of hydrogen-bond donors (Lipinski definition) is 1. The van der Waals surface area contributed by atoms with Crippen LogP contribution in [0, 0.1) is 0 Å². The van der Waals surface area contributed by atoms with Gasteiger partial charge in [-0.2, -0.15) is 0 Å². The van der Waals surface area contributed by atoms with Crippen molar-refractivity contribution in [1.29, 1.82) is 0 Å². The van der Waals surface area contributed by atoms with Gasteiger partial charge in [0, 0.05) is 19.0 Å². The van der Waals surface area contributed by atoms with Crippen molar-refractivity contribution >= 4 is 11.8 Å². The molecule has 0 saturated heterocycles. The lowest BCUT2D eigenvalue weighted by molar-refractivity contribution is -0.141. The SMILES string of the molecule is CCCC(=O)N(Cc1ccc(OC)cc1)[C@H](C)C(=O)NC1CCCCC1. The second kappa shape index (κ2) is 10.2. The van der Waals surface area contributed by atoms with Gasteiger partial charge in [0.15, 0.2) is 0 Å². The molecule has 26 heavy (non-hydrogen) atoms. The van der Waals surface area contributed by atoms with Crippen LogP contribution >= 0.6 is 0 Å². The van der Waals surface area contributed by atoms with Crippen LogP contribution in [0.5, 0.6) is 5.75 Å². The Bertz CT molecular complexity index is 579. The summed E-state index contributed by atoms with van der Waals surface area (Å²) in [6.07, 6.45) is 6.90. The summed E-state index contributed by atoms with van der Waals surface area (Å²) in [7, 11) is 1.63. The zero-order valence-electron chi connectivity index (χ0n) is 16.3. The summed E-state index contributed by atoms with van der Waals surface area (Å²) in [4.78, 5) is 27.1. The van der Waals surface area contributed by atoms with Crippen molar-refractivity contribution in [2.75, 3.05) is 7.11 Å². The van der Waals surface area contributed by atoms with E-state index in [0.717, 1.165) is 30.6 Å². The van der Waals surface area contributed by atoms with Gasteiger partial charge in [-0.15, -0.1) is 0 Å². The highest BCUT2D eigenvalue weighted by atomic mass is 16.5. The Morgan fingerprint density at radius 2 is 1.85 bits per heavy atom. The van der Waals surface area contributed by atoms with Crippen LogP contribution in [0.3, 0.4) is 0 Å². The van der Waals surface area contributed by atoms with Crippen LogP contribution < -0.4 is 10.1 Å². The average Bonchev–Trinajstić information content (AvgIpc) is 2.67. The maximum atomic E-state index is 12.7. The smallest absolute Gasteiger partial charge is 0.242 e. The number of methoxy groups -OCH3 is 1. The van der Waals surface area contributed by atoms with Gasteiger partial charge in [0.05, 0.1) is 7.11 Å². The summed E-state index contributed by atoms with van der Waals surface area (Å²) in [5.41, 5.74) is 0.993. The summed E-state index contributed by atoms with van der Waals surface area (Å²) in [5, 5.41) is 3.15. The van der Waals surface area contributed by atoms with Crippen LogP contribution in [-0.4, -0.2) is 35.9 Å². The molecule has 1 N–H and O–H groups in total. The molecule has 0 aromatic heterocycles. The van der Waals surface area contributed by atoms with Crippen LogP contribution in [0.15, 0.2) is 24.3 Å². The van der Waals surface area contributed by atoms with Gasteiger partial charge >= 0.3 is 0 Å². The van der Waals surface area contributed by atoms with Crippen molar-refractivity contribution in [2.24, 2.45) is 0 Å². The first-order chi connectivity index (χ1) is 12.5. The first-order valence-electron chi connectivity index (χ1n) is 9.78. The molecule has 1 atom stereocenters. The maximum Gasteiger partial charge on any atom is 0.242 e. The lowest BCUT2D eigenvalue weighted by Gasteiger charge is -2.31. The van der Waals surface area contributed by atoms with Crippen molar-refractivity contribution in [3.63, 3.8) is 0 Å². The minimum Gasteiger partial charge on any atom is -0.497 e. The molecule has 1 aliphatic carbocycles. The van der Waals surface area contributed by atoms with E-state index in [4.69, 9.17) is 4.74 Å². The summed E-state index contributed by atoms with van der Waals surface area (Å²) >= 11 is 0. The van der Waals surface area contributed by atoms with E-state index >= 15 is 0 Å². The Labute approximate surface area is 157 Å². The van der Waals surface area contributed by atoms with Crippen LogP contribution in [-0.2, 0) is 16.1 Å². The number of nitrogens with one attached hydrogen (secondary N) is 1. The standard InChI is InChI=1S/C21H32N2O3/c1-4-8-20(24)23(15-17-11-13-19(26-3)14-12-17)16(2)21(25)22-18-9-6-5-7-10-18/h11-14,16,18H,4-10,15H2,1-3H3,(H,22,25)/t16-/m1/s1. The number of carbonyl (C=O) groups is 2. The molecule has 0 unspecified atom stereocenters. The number of ether oxygens (including phenoxy) is 1. The number of nitrogens with zero attached hydrogens (tertiary/aromatic N) is 1. The molecule has 144 valence electrons. The summed E-state index contributed by atoms with van der Waals surface area (Å²) in [6, 6.07) is 7.42. The van der Waals surface area contributed by atoms with Gasteiger partial charge in [-0.05, 0) is 43.9 Å². The fraction of sp³-hybridized carbons (Fsp3) is 0.619. The summed E-state index contributed by atoms with van der Waals surface area (Å²) in [6.45, 7) is 4.24. The minimum absolute atomic E-state index is 0.0228. The van der Waals surface area contributed by atoms with Gasteiger partial charge < -0.3 is 15.0 Å². The predicted molar refractivity (Wildman–Crippen MR) is 103 cm³/mol. The molecular formula is C21H32N2O3. The number of carbonyl (C=O) groups excluding carboxylic acids is 2. The van der Waals surface area contributed by atoms with Crippen molar-refractivity contribution in [3.05, 3.63) is 29.8 Å². The summed E-state index contributed by atoms with van der Waals surface area (Å²) in [5.74, 6) is 0.757. The van der Waals surface area contributed by atoms with Gasteiger partial charge in [0.2, 0.25) is 11.8 Å². The fourth-order valence-electron chi connectivity index (χ4n) is 3.44. The van der Waals surface area contributed by atoms with E-state index in [2.05, 4.69) is 5.32 Å². The van der Waals surface area contributed by atoms with E-state index in [0.29, 0.717) is 13.0 Å². The first-order valence-corrected chi connectivity index (χ1v) is 9.78. The Morgan fingerprint density at radius 3 is 2.42 bits per heavy atom. The largest absolute Gasteiger partial charge is 0.497 e. The molecule has 1 saturated carbocycles. The molecule has 1 aromatic carbocycles. The van der Waals surface area contributed by atoms with Gasteiger partial charge in [0.1, 0.15) is 11.8 Å². The van der Waals surface area contributed by atoms with Crippen LogP contribution in [0.4, 0.5) is 0 Å². The molecule has 0 aliphatic heterocycles. The van der Waals surface area contributed by atoms with Gasteiger partial charge in [-0.3, -0.25) is 9.59 Å². The monoisotopic (exact) mass is 360 g/mol. The molecule has 2 amide bonds. The van der Waals surface area contributed by atoms with Crippen LogP contribution in [0.25, 0.3) is 0 Å². The third kappa shape index (κ3) is 5.75. The maximum absolute atomic E-state index is 12.7. The van der Waals surface area contributed by atoms with Crippen molar-refractivity contribution in [1.82, 2.24) is 10.2 Å². The number of rotatable bonds is 8. The molecular weight excluding hydrogens is 328 g/mol. The third-order valence-electron chi connectivity index (χ3n) is 5.09. The molecule has 5 heteroatoms. The lowest BCUT2D eigenvalue weighted by atomic mass is 9.95. The Kier molecular flexibility index (Phi) is 7.95. The Hall–Kier alpha value is -2.04. The summed E-state index contributed by atoms with van der Waals surface area (Å²) < 4.78 is 5.19. The van der Waals surface area contributed by atoms with E-state index < -0.39 is 6.04 Å². The molecule has 0 radical (unpaired) electrons. The molecule has 5 nitrogen and oxygen atoms in total. The Morgan fingerprint density at radius 1 is 1.19 bits per heavy atom. The first kappa shape index (κ1) is 20.3. The van der Waals surface area contributed by atoms with Crippen molar-refractivity contribution < 1.29 is 14.3 Å². The number of hydrogen-bond acceptors (Lipinski definition) is 3. The third-order valence-corrected chi connectivity index (χ3v) is 5.09. The van der Waals surface area contributed by atoms with E-state index in [-0.39, 0.29) is 17.9 Å². The average molecular weight is 360 g/mol. The normalized spacial score (nSPS) is 16.0. The zero-order chi connectivity index (χ0) is 18.9. The van der Waals surface area contributed by atoms with Crippen LogP contribution in [0.2, 0.25) is 0 Å². The fourth-order valence-corrected chi connectivity index (χ4v) is 3.44. The lowest BCUT2D eigenvalue weighted by Crippen LogP contribution is -2.50. The van der Waals surface area contributed by atoms with E-state index in [1.807, 2.05) is 38.1 Å². The highest BCUT2D eigenvalue weighted by Crippen LogP contribution is 2.19. The predicted octanol–water partition coefficient (Wildman–Crippen LogP) is 3.66. The molecule has 1 fully saturated rings. The van der Waals surface area contributed by atoms with Gasteiger partial charge in [-0.25, -0.2) is 0 Å². The highest BCUT2D eigenvalue weighted by molar-refractivity contribution is 5.87. The topological polar surface area (TPSA) is 58.6 Å². The molecule has 1 aromatic rings. The number of benzene rings is 1. The van der Waals surface area contributed by atoms with E-state index in [9.17, 15) is 9.59 Å². The van der Waals surface area contributed by atoms with Crippen molar-refractivity contribution in [3.8, 4) is 5.75 Å². The van der Waals surface area contributed by atoms with Crippen molar-refractivity contribution in [2.45, 2.75) is 77.4 Å². The second-order valence-corrected chi connectivity index (χ2v) is 7.14. The molecule has 0 heterocycles.